The van der Waals surface area contributed by atoms with Gasteiger partial charge in [0, 0.05) is 45.0 Å². The molecular formula is C13H20N4. The molecule has 1 aromatic heterocycles. The van der Waals surface area contributed by atoms with Gasteiger partial charge in [-0.1, -0.05) is 13.0 Å². The van der Waals surface area contributed by atoms with E-state index in [-0.39, 0.29) is 0 Å². The Labute approximate surface area is 103 Å². The molecule has 0 aliphatic heterocycles. The van der Waals surface area contributed by atoms with Crippen LogP contribution in [0.4, 0.5) is 0 Å². The zero-order valence-electron chi connectivity index (χ0n) is 10.4. The molecule has 0 radical (unpaired) electrons. The van der Waals surface area contributed by atoms with Crippen LogP contribution in [0.3, 0.4) is 0 Å². The van der Waals surface area contributed by atoms with Crippen molar-refractivity contribution in [1.29, 1.82) is 5.26 Å². The van der Waals surface area contributed by atoms with Crippen LogP contribution in [0, 0.1) is 11.3 Å². The first-order valence-corrected chi connectivity index (χ1v) is 6.05. The Morgan fingerprint density at radius 1 is 1.47 bits per heavy atom. The van der Waals surface area contributed by atoms with Crippen LogP contribution in [0.25, 0.3) is 0 Å². The molecule has 92 valence electrons. The van der Waals surface area contributed by atoms with Crippen LogP contribution in [0.1, 0.15) is 18.9 Å². The first kappa shape index (κ1) is 13.6. The zero-order valence-corrected chi connectivity index (χ0v) is 10.4. The van der Waals surface area contributed by atoms with E-state index in [4.69, 9.17) is 5.26 Å². The summed E-state index contributed by atoms with van der Waals surface area (Å²) in [6.45, 7) is 6.68. The Kier molecular flexibility index (Phi) is 6.96. The minimum atomic E-state index is 0.576. The van der Waals surface area contributed by atoms with Crippen LogP contribution in [0.15, 0.2) is 24.5 Å². The van der Waals surface area contributed by atoms with Gasteiger partial charge in [0.25, 0.3) is 0 Å². The molecule has 0 unspecified atom stereocenters. The van der Waals surface area contributed by atoms with Crippen molar-refractivity contribution in [2.75, 3.05) is 26.2 Å². The summed E-state index contributed by atoms with van der Waals surface area (Å²) in [4.78, 5) is 6.39. The van der Waals surface area contributed by atoms with Crippen molar-refractivity contribution >= 4 is 0 Å². The molecule has 0 bridgehead atoms. The van der Waals surface area contributed by atoms with Crippen LogP contribution in [0.2, 0.25) is 0 Å². The van der Waals surface area contributed by atoms with Gasteiger partial charge in [0.2, 0.25) is 0 Å². The molecule has 1 heterocycles. The summed E-state index contributed by atoms with van der Waals surface area (Å²) >= 11 is 0. The van der Waals surface area contributed by atoms with Gasteiger partial charge in [0.05, 0.1) is 6.07 Å². The maximum Gasteiger partial charge on any atom is 0.0635 e. The molecule has 4 heteroatoms. The number of hydrogen-bond acceptors (Lipinski definition) is 4. The topological polar surface area (TPSA) is 52.0 Å². The average molecular weight is 232 g/mol. The molecular weight excluding hydrogens is 212 g/mol. The van der Waals surface area contributed by atoms with Crippen molar-refractivity contribution in [2.45, 2.75) is 19.9 Å². The number of nitriles is 1. The molecule has 0 atom stereocenters. The summed E-state index contributed by atoms with van der Waals surface area (Å²) < 4.78 is 0. The number of pyridine rings is 1. The summed E-state index contributed by atoms with van der Waals surface area (Å²) in [5.74, 6) is 0. The monoisotopic (exact) mass is 232 g/mol. The summed E-state index contributed by atoms with van der Waals surface area (Å²) in [7, 11) is 0. The second-order valence-corrected chi connectivity index (χ2v) is 3.90. The highest BCUT2D eigenvalue weighted by Gasteiger charge is 2.05. The fraction of sp³-hybridized carbons (Fsp3) is 0.538. The molecule has 0 amide bonds. The summed E-state index contributed by atoms with van der Waals surface area (Å²) in [5, 5.41) is 11.9. The molecule has 0 spiro atoms. The zero-order chi connectivity index (χ0) is 12.3. The van der Waals surface area contributed by atoms with Crippen molar-refractivity contribution in [1.82, 2.24) is 15.2 Å². The van der Waals surface area contributed by atoms with Crippen LogP contribution in [0.5, 0.6) is 0 Å². The minimum absolute atomic E-state index is 0.576. The molecule has 1 rings (SSSR count). The highest BCUT2D eigenvalue weighted by molar-refractivity contribution is 5.08. The maximum atomic E-state index is 8.65. The molecule has 4 nitrogen and oxygen atoms in total. The van der Waals surface area contributed by atoms with E-state index >= 15 is 0 Å². The third-order valence-electron chi connectivity index (χ3n) is 2.52. The van der Waals surface area contributed by atoms with Gasteiger partial charge < -0.3 is 5.32 Å². The Morgan fingerprint density at radius 3 is 3.00 bits per heavy atom. The molecule has 0 saturated carbocycles. The number of nitrogens with zero attached hydrogens (tertiary/aromatic N) is 3. The van der Waals surface area contributed by atoms with Crippen molar-refractivity contribution in [3.63, 3.8) is 0 Å². The SMILES string of the molecule is CCNCCN(CCC#N)Cc1cccnc1. The number of aromatic nitrogens is 1. The van der Waals surface area contributed by atoms with Crippen LogP contribution >= 0.6 is 0 Å². The molecule has 0 aliphatic carbocycles. The Morgan fingerprint density at radius 2 is 2.35 bits per heavy atom. The van der Waals surface area contributed by atoms with Gasteiger partial charge in [0.15, 0.2) is 0 Å². The predicted molar refractivity (Wildman–Crippen MR) is 68.3 cm³/mol. The van der Waals surface area contributed by atoms with E-state index in [1.54, 1.807) is 6.20 Å². The molecule has 0 saturated heterocycles. The second kappa shape index (κ2) is 8.68. The summed E-state index contributed by atoms with van der Waals surface area (Å²) in [5.41, 5.74) is 1.20. The molecule has 0 aliphatic rings. The Hall–Kier alpha value is -1.44. The third-order valence-corrected chi connectivity index (χ3v) is 2.52. The smallest absolute Gasteiger partial charge is 0.0635 e. The van der Waals surface area contributed by atoms with Gasteiger partial charge in [-0.15, -0.1) is 0 Å². The average Bonchev–Trinajstić information content (AvgIpc) is 2.37. The molecule has 1 aromatic rings. The third kappa shape index (κ3) is 6.00. The van der Waals surface area contributed by atoms with Crippen molar-refractivity contribution in [2.24, 2.45) is 0 Å². The van der Waals surface area contributed by atoms with E-state index in [0.717, 1.165) is 32.7 Å². The molecule has 0 fully saturated rings. The number of likely N-dealkylation sites (N-methyl/N-ethyl adjacent to an activating group) is 1. The highest BCUT2D eigenvalue weighted by atomic mass is 15.1. The van der Waals surface area contributed by atoms with Gasteiger partial charge in [-0.05, 0) is 18.2 Å². The normalized spacial score (nSPS) is 10.4. The van der Waals surface area contributed by atoms with E-state index in [2.05, 4.69) is 34.3 Å². The second-order valence-electron chi connectivity index (χ2n) is 3.90. The number of nitrogens with one attached hydrogen (secondary N) is 1. The molecule has 1 N–H and O–H groups in total. The van der Waals surface area contributed by atoms with E-state index in [0.29, 0.717) is 6.42 Å². The fourth-order valence-electron chi connectivity index (χ4n) is 1.64. The quantitative estimate of drug-likeness (QED) is 0.688. The molecule has 17 heavy (non-hydrogen) atoms. The van der Waals surface area contributed by atoms with Gasteiger partial charge in [-0.3, -0.25) is 9.88 Å². The standard InChI is InChI=1S/C13H20N4/c1-2-15-8-10-17(9-4-6-14)12-13-5-3-7-16-11-13/h3,5,7,11,15H,2,4,8-10,12H2,1H3. The lowest BCUT2D eigenvalue weighted by molar-refractivity contribution is 0.271. The van der Waals surface area contributed by atoms with Crippen LogP contribution in [-0.4, -0.2) is 36.1 Å². The van der Waals surface area contributed by atoms with E-state index < -0.39 is 0 Å². The van der Waals surface area contributed by atoms with Crippen LogP contribution < -0.4 is 5.32 Å². The Balaban J connectivity index is 2.42. The first-order chi connectivity index (χ1) is 8.36. The lowest BCUT2D eigenvalue weighted by atomic mass is 10.2. The molecule has 0 aromatic carbocycles. The van der Waals surface area contributed by atoms with E-state index in [1.165, 1.54) is 5.56 Å². The minimum Gasteiger partial charge on any atom is -0.316 e. The van der Waals surface area contributed by atoms with Crippen molar-refractivity contribution in [3.8, 4) is 6.07 Å². The number of hydrogen-bond donors (Lipinski definition) is 1. The van der Waals surface area contributed by atoms with E-state index in [1.807, 2.05) is 12.3 Å². The van der Waals surface area contributed by atoms with Gasteiger partial charge in [-0.2, -0.15) is 5.26 Å². The predicted octanol–water partition coefficient (Wildman–Crippen LogP) is 1.41. The lowest BCUT2D eigenvalue weighted by Gasteiger charge is -2.21. The van der Waals surface area contributed by atoms with Gasteiger partial charge in [0.1, 0.15) is 0 Å². The summed E-state index contributed by atoms with van der Waals surface area (Å²) in [6, 6.07) is 6.21. The largest absolute Gasteiger partial charge is 0.316 e. The van der Waals surface area contributed by atoms with E-state index in [9.17, 15) is 0 Å². The van der Waals surface area contributed by atoms with Crippen LogP contribution in [-0.2, 0) is 6.54 Å². The van der Waals surface area contributed by atoms with Crippen molar-refractivity contribution in [3.05, 3.63) is 30.1 Å². The first-order valence-electron chi connectivity index (χ1n) is 6.05. The highest BCUT2D eigenvalue weighted by Crippen LogP contribution is 2.02. The Bertz CT molecular complexity index is 331. The van der Waals surface area contributed by atoms with Gasteiger partial charge in [-0.25, -0.2) is 0 Å². The van der Waals surface area contributed by atoms with Gasteiger partial charge >= 0.3 is 0 Å². The lowest BCUT2D eigenvalue weighted by Crippen LogP contribution is -2.32. The summed E-state index contributed by atoms with van der Waals surface area (Å²) in [6.07, 6.45) is 4.24. The number of rotatable bonds is 8. The maximum absolute atomic E-state index is 8.65. The fourth-order valence-corrected chi connectivity index (χ4v) is 1.64. The van der Waals surface area contributed by atoms with Crippen molar-refractivity contribution < 1.29 is 0 Å².